The molecule has 0 aromatic heterocycles. The van der Waals surface area contributed by atoms with Gasteiger partial charge < -0.3 is 14.9 Å². The van der Waals surface area contributed by atoms with Crippen molar-refractivity contribution in [1.29, 1.82) is 0 Å². The highest BCUT2D eigenvalue weighted by Crippen LogP contribution is 2.41. The number of carbonyl (C=O) groups excluding carboxylic acids is 2. The van der Waals surface area contributed by atoms with Crippen LogP contribution in [0.15, 0.2) is 0 Å². The number of rotatable bonds is 3. The summed E-state index contributed by atoms with van der Waals surface area (Å²) in [6.07, 6.45) is -0.930. The third-order valence-electron chi connectivity index (χ3n) is 5.56. The maximum atomic E-state index is 12.9. The number of halogens is 3. The molecule has 0 radical (unpaired) electrons. The van der Waals surface area contributed by atoms with Crippen molar-refractivity contribution in [1.82, 2.24) is 9.80 Å². The Balaban J connectivity index is 1.74. The lowest BCUT2D eigenvalue weighted by atomic mass is 9.84. The number of carbonyl (C=O) groups is 3. The molecule has 2 amide bonds. The lowest BCUT2D eigenvalue weighted by Gasteiger charge is -2.34. The normalized spacial score (nSPS) is 32.8. The molecule has 6 nitrogen and oxygen atoms in total. The Bertz CT molecular complexity index is 580. The summed E-state index contributed by atoms with van der Waals surface area (Å²) in [5, 5.41) is 9.46. The van der Waals surface area contributed by atoms with Crippen LogP contribution in [-0.2, 0) is 14.4 Å². The quantitative estimate of drug-likeness (QED) is 0.828. The lowest BCUT2D eigenvalue weighted by Crippen LogP contribution is -2.49. The maximum absolute atomic E-state index is 12.9. The molecular formula is C16H21F3N2O4. The lowest BCUT2D eigenvalue weighted by molar-refractivity contribution is -0.157. The van der Waals surface area contributed by atoms with Crippen LogP contribution in [0.25, 0.3) is 0 Å². The van der Waals surface area contributed by atoms with Crippen molar-refractivity contribution in [2.75, 3.05) is 13.1 Å². The summed E-state index contributed by atoms with van der Waals surface area (Å²) < 4.78 is 37.6. The Morgan fingerprint density at radius 3 is 2.52 bits per heavy atom. The fourth-order valence-electron chi connectivity index (χ4n) is 4.52. The summed E-state index contributed by atoms with van der Waals surface area (Å²) in [6, 6.07) is -1.11. The molecule has 4 unspecified atom stereocenters. The molecule has 1 saturated carbocycles. The van der Waals surface area contributed by atoms with Gasteiger partial charge in [-0.05, 0) is 25.2 Å². The number of fused-ring (bicyclic) bond motifs is 1. The van der Waals surface area contributed by atoms with Gasteiger partial charge in [0.05, 0.1) is 5.92 Å². The zero-order chi connectivity index (χ0) is 18.4. The van der Waals surface area contributed by atoms with Crippen molar-refractivity contribution < 1.29 is 32.7 Å². The van der Waals surface area contributed by atoms with E-state index in [1.54, 1.807) is 0 Å². The predicted octanol–water partition coefficient (Wildman–Crippen LogP) is 1.64. The smallest absolute Gasteiger partial charge is 0.406 e. The molecular weight excluding hydrogens is 341 g/mol. The van der Waals surface area contributed by atoms with E-state index in [2.05, 4.69) is 0 Å². The monoisotopic (exact) mass is 362 g/mol. The molecule has 4 atom stereocenters. The summed E-state index contributed by atoms with van der Waals surface area (Å²) >= 11 is 0. The molecule has 3 rings (SSSR count). The van der Waals surface area contributed by atoms with Gasteiger partial charge in [-0.1, -0.05) is 12.8 Å². The highest BCUT2D eigenvalue weighted by atomic mass is 19.4. The number of carboxylic acids is 1. The summed E-state index contributed by atoms with van der Waals surface area (Å²) in [6.45, 7) is -1.67. The molecule has 25 heavy (non-hydrogen) atoms. The van der Waals surface area contributed by atoms with E-state index >= 15 is 0 Å². The van der Waals surface area contributed by atoms with Gasteiger partial charge >= 0.3 is 12.1 Å². The summed E-state index contributed by atoms with van der Waals surface area (Å²) in [7, 11) is 0. The minimum Gasteiger partial charge on any atom is -0.480 e. The number of alkyl halides is 3. The molecule has 3 fully saturated rings. The first-order valence-electron chi connectivity index (χ1n) is 8.57. The zero-order valence-corrected chi connectivity index (χ0v) is 13.7. The van der Waals surface area contributed by atoms with Crippen molar-refractivity contribution in [2.24, 2.45) is 11.8 Å². The number of hydrogen-bond acceptors (Lipinski definition) is 3. The molecule has 0 aromatic carbocycles. The van der Waals surface area contributed by atoms with Crippen LogP contribution in [-0.4, -0.2) is 64.0 Å². The third kappa shape index (κ3) is 3.59. The number of carboxylic acid groups (broad SMARTS) is 1. The molecule has 9 heteroatoms. The second-order valence-electron chi connectivity index (χ2n) is 7.24. The van der Waals surface area contributed by atoms with E-state index in [-0.39, 0.29) is 24.9 Å². The van der Waals surface area contributed by atoms with Gasteiger partial charge in [-0.3, -0.25) is 9.59 Å². The van der Waals surface area contributed by atoms with E-state index in [9.17, 15) is 32.7 Å². The SMILES string of the molecule is O=C(O)C1CC2CCCCC2N1C(=O)C1CC(=O)N(CC(F)(F)F)C1. The van der Waals surface area contributed by atoms with E-state index in [4.69, 9.17) is 0 Å². The third-order valence-corrected chi connectivity index (χ3v) is 5.56. The molecule has 2 saturated heterocycles. The summed E-state index contributed by atoms with van der Waals surface area (Å²) in [5.41, 5.74) is 0. The van der Waals surface area contributed by atoms with E-state index in [1.807, 2.05) is 0 Å². The van der Waals surface area contributed by atoms with Gasteiger partial charge in [0.2, 0.25) is 11.8 Å². The second-order valence-corrected chi connectivity index (χ2v) is 7.24. The summed E-state index contributed by atoms with van der Waals surface area (Å²) in [5.74, 6) is -3.04. The van der Waals surface area contributed by atoms with Crippen LogP contribution in [0.1, 0.15) is 38.5 Å². The summed E-state index contributed by atoms with van der Waals surface area (Å²) in [4.78, 5) is 38.3. The van der Waals surface area contributed by atoms with E-state index in [1.165, 1.54) is 4.90 Å². The Morgan fingerprint density at radius 1 is 1.20 bits per heavy atom. The van der Waals surface area contributed by atoms with E-state index < -0.39 is 42.5 Å². The predicted molar refractivity (Wildman–Crippen MR) is 79.4 cm³/mol. The molecule has 2 aliphatic heterocycles. The molecule has 0 bridgehead atoms. The van der Waals surface area contributed by atoms with E-state index in [0.29, 0.717) is 17.7 Å². The minimum atomic E-state index is -4.51. The Labute approximate surface area is 142 Å². The number of aliphatic carboxylic acids is 1. The van der Waals surface area contributed by atoms with Crippen LogP contribution < -0.4 is 0 Å². The highest BCUT2D eigenvalue weighted by Gasteiger charge is 2.50. The fourth-order valence-corrected chi connectivity index (χ4v) is 4.52. The highest BCUT2D eigenvalue weighted by molar-refractivity contribution is 5.92. The number of hydrogen-bond donors (Lipinski definition) is 1. The van der Waals surface area contributed by atoms with Crippen LogP contribution in [0.5, 0.6) is 0 Å². The van der Waals surface area contributed by atoms with Gasteiger partial charge in [0, 0.05) is 19.0 Å². The first kappa shape index (κ1) is 18.0. The molecule has 1 aliphatic carbocycles. The van der Waals surface area contributed by atoms with Crippen molar-refractivity contribution in [2.45, 2.75) is 56.8 Å². The van der Waals surface area contributed by atoms with Crippen molar-refractivity contribution in [3.63, 3.8) is 0 Å². The van der Waals surface area contributed by atoms with E-state index in [0.717, 1.165) is 19.3 Å². The molecule has 1 N–H and O–H groups in total. The Morgan fingerprint density at radius 2 is 1.88 bits per heavy atom. The van der Waals surface area contributed by atoms with Gasteiger partial charge in [-0.2, -0.15) is 13.2 Å². The minimum absolute atomic E-state index is 0.127. The number of nitrogens with zero attached hydrogens (tertiary/aromatic N) is 2. The van der Waals surface area contributed by atoms with Crippen LogP contribution in [0, 0.1) is 11.8 Å². The Hall–Kier alpha value is -1.80. The van der Waals surface area contributed by atoms with Gasteiger partial charge in [0.1, 0.15) is 12.6 Å². The Kier molecular flexibility index (Phi) is 4.68. The van der Waals surface area contributed by atoms with Gasteiger partial charge in [-0.25, -0.2) is 4.79 Å². The van der Waals surface area contributed by atoms with Crippen molar-refractivity contribution in [3.8, 4) is 0 Å². The standard InChI is InChI=1S/C16H21F3N2O4/c17-16(18,19)8-20-7-10(6-13(20)22)14(23)21-11-4-2-1-3-9(11)5-12(21)15(24)25/h9-12H,1-8H2,(H,24,25). The first-order valence-corrected chi connectivity index (χ1v) is 8.57. The molecule has 140 valence electrons. The average molecular weight is 362 g/mol. The van der Waals surface area contributed by atoms with Crippen LogP contribution in [0.4, 0.5) is 13.2 Å². The number of likely N-dealkylation sites (tertiary alicyclic amines) is 2. The first-order chi connectivity index (χ1) is 11.7. The average Bonchev–Trinajstić information content (AvgIpc) is 3.06. The largest absolute Gasteiger partial charge is 0.480 e. The van der Waals surface area contributed by atoms with Gasteiger partial charge in [-0.15, -0.1) is 0 Å². The second kappa shape index (κ2) is 6.49. The molecule has 0 spiro atoms. The topological polar surface area (TPSA) is 77.9 Å². The van der Waals surface area contributed by atoms with Crippen LogP contribution in [0.2, 0.25) is 0 Å². The van der Waals surface area contributed by atoms with Crippen molar-refractivity contribution in [3.05, 3.63) is 0 Å². The van der Waals surface area contributed by atoms with Crippen LogP contribution >= 0.6 is 0 Å². The maximum Gasteiger partial charge on any atom is 0.406 e. The van der Waals surface area contributed by atoms with Gasteiger partial charge in [0.15, 0.2) is 0 Å². The van der Waals surface area contributed by atoms with Gasteiger partial charge in [0.25, 0.3) is 0 Å². The fraction of sp³-hybridized carbons (Fsp3) is 0.812. The zero-order valence-electron chi connectivity index (χ0n) is 13.7. The van der Waals surface area contributed by atoms with Crippen LogP contribution in [0.3, 0.4) is 0 Å². The number of amides is 2. The molecule has 3 aliphatic rings. The molecule has 0 aromatic rings. The molecule has 2 heterocycles. The van der Waals surface area contributed by atoms with Crippen molar-refractivity contribution >= 4 is 17.8 Å².